The lowest BCUT2D eigenvalue weighted by Crippen LogP contribution is -2.40. The number of hydrogen-bond donors (Lipinski definition) is 3. The Balaban J connectivity index is 1.60. The van der Waals surface area contributed by atoms with Gasteiger partial charge in [0, 0.05) is 12.1 Å². The Morgan fingerprint density at radius 2 is 2.09 bits per heavy atom. The molecule has 1 heterocycles. The molecular weight excluding hydrogens is 278 g/mol. The fourth-order valence-corrected chi connectivity index (χ4v) is 2.81. The van der Waals surface area contributed by atoms with Gasteiger partial charge in [0.05, 0.1) is 24.4 Å². The molecule has 2 aromatic rings. The molecule has 0 fully saturated rings. The molecule has 0 aliphatic heterocycles. The second-order valence-electron chi connectivity index (χ2n) is 5.55. The van der Waals surface area contributed by atoms with Crippen molar-refractivity contribution in [2.75, 3.05) is 0 Å². The fourth-order valence-electron chi connectivity index (χ4n) is 2.81. The van der Waals surface area contributed by atoms with E-state index in [0.717, 1.165) is 22.5 Å². The molecule has 2 atom stereocenters. The van der Waals surface area contributed by atoms with Gasteiger partial charge in [-0.25, -0.2) is 4.79 Å². The van der Waals surface area contributed by atoms with Crippen LogP contribution in [0.1, 0.15) is 28.6 Å². The molecule has 0 saturated carbocycles. The molecule has 2 amide bonds. The van der Waals surface area contributed by atoms with Gasteiger partial charge in [-0.1, -0.05) is 30.3 Å². The van der Waals surface area contributed by atoms with Crippen LogP contribution in [0.5, 0.6) is 0 Å². The highest BCUT2D eigenvalue weighted by molar-refractivity contribution is 5.74. The van der Waals surface area contributed by atoms with Crippen LogP contribution in [0.2, 0.25) is 0 Å². The highest BCUT2D eigenvalue weighted by Gasteiger charge is 2.31. The number of fused-ring (bicyclic) bond motifs is 1. The van der Waals surface area contributed by atoms with Crippen molar-refractivity contribution in [3.8, 4) is 0 Å². The van der Waals surface area contributed by atoms with Gasteiger partial charge >= 0.3 is 6.03 Å². The van der Waals surface area contributed by atoms with E-state index >= 15 is 0 Å². The lowest BCUT2D eigenvalue weighted by molar-refractivity contribution is 0.142. The molecule has 1 aliphatic carbocycles. The molecule has 5 nitrogen and oxygen atoms in total. The average molecular weight is 297 g/mol. The van der Waals surface area contributed by atoms with Gasteiger partial charge in [0.25, 0.3) is 0 Å². The minimum Gasteiger partial charge on any atom is -0.390 e. The van der Waals surface area contributed by atoms with E-state index in [0.29, 0.717) is 13.0 Å². The standard InChI is InChI=1S/C17H19N3O2/c1-11-5-4-7-13(19-11)10-18-17(22)20-16-14-8-3-2-6-12(14)9-15(16)21/h2-8,15-16,21H,9-10H2,1H3,(H2,18,20,22)/t15-,16+/m1/s1. The Bertz CT molecular complexity index is 687. The van der Waals surface area contributed by atoms with Crippen LogP contribution in [0.15, 0.2) is 42.5 Å². The van der Waals surface area contributed by atoms with Gasteiger partial charge in [0.2, 0.25) is 0 Å². The molecule has 114 valence electrons. The SMILES string of the molecule is Cc1cccc(CNC(=O)N[C@H]2c3ccccc3C[C@H]2O)n1. The van der Waals surface area contributed by atoms with Gasteiger partial charge in [0.1, 0.15) is 0 Å². The molecule has 0 saturated heterocycles. The average Bonchev–Trinajstić information content (AvgIpc) is 2.81. The van der Waals surface area contributed by atoms with Gasteiger partial charge in [-0.3, -0.25) is 4.98 Å². The molecule has 5 heteroatoms. The molecule has 1 aliphatic rings. The lowest BCUT2D eigenvalue weighted by Gasteiger charge is -2.18. The van der Waals surface area contributed by atoms with E-state index in [1.165, 1.54) is 0 Å². The number of nitrogens with one attached hydrogen (secondary N) is 2. The van der Waals surface area contributed by atoms with Crippen LogP contribution in [0.25, 0.3) is 0 Å². The number of aromatic nitrogens is 1. The summed E-state index contributed by atoms with van der Waals surface area (Å²) >= 11 is 0. The Morgan fingerprint density at radius 1 is 1.27 bits per heavy atom. The van der Waals surface area contributed by atoms with Crippen LogP contribution in [-0.4, -0.2) is 22.2 Å². The van der Waals surface area contributed by atoms with Crippen molar-refractivity contribution in [2.45, 2.75) is 32.0 Å². The second kappa shape index (κ2) is 6.15. The zero-order chi connectivity index (χ0) is 15.5. The van der Waals surface area contributed by atoms with Gasteiger partial charge in [-0.05, 0) is 30.2 Å². The van der Waals surface area contributed by atoms with Crippen molar-refractivity contribution in [1.29, 1.82) is 0 Å². The van der Waals surface area contributed by atoms with E-state index in [1.807, 2.05) is 49.4 Å². The van der Waals surface area contributed by atoms with Crippen LogP contribution < -0.4 is 10.6 Å². The highest BCUT2D eigenvalue weighted by atomic mass is 16.3. The first-order valence-electron chi connectivity index (χ1n) is 7.36. The number of aliphatic hydroxyl groups is 1. The Kier molecular flexibility index (Phi) is 4.06. The normalized spacial score (nSPS) is 19.5. The van der Waals surface area contributed by atoms with Crippen molar-refractivity contribution in [1.82, 2.24) is 15.6 Å². The summed E-state index contributed by atoms with van der Waals surface area (Å²) in [6.45, 7) is 2.27. The predicted octanol–water partition coefficient (Wildman–Crippen LogP) is 1.85. The molecule has 3 N–H and O–H groups in total. The Morgan fingerprint density at radius 3 is 2.91 bits per heavy atom. The van der Waals surface area contributed by atoms with Crippen LogP contribution in [0.3, 0.4) is 0 Å². The lowest BCUT2D eigenvalue weighted by atomic mass is 10.1. The Hall–Kier alpha value is -2.40. The van der Waals surface area contributed by atoms with Crippen LogP contribution in [0, 0.1) is 6.92 Å². The summed E-state index contributed by atoms with van der Waals surface area (Å²) in [4.78, 5) is 16.4. The number of aryl methyl sites for hydroxylation is 1. The molecule has 0 bridgehead atoms. The summed E-state index contributed by atoms with van der Waals surface area (Å²) in [5.41, 5.74) is 3.79. The number of carbonyl (C=O) groups excluding carboxylic acids is 1. The van der Waals surface area contributed by atoms with E-state index in [4.69, 9.17) is 0 Å². The maximum Gasteiger partial charge on any atom is 0.315 e. The molecule has 1 aromatic carbocycles. The number of nitrogens with zero attached hydrogens (tertiary/aromatic N) is 1. The number of pyridine rings is 1. The number of benzene rings is 1. The number of amides is 2. The Labute approximate surface area is 129 Å². The third kappa shape index (κ3) is 3.09. The first kappa shape index (κ1) is 14.5. The number of carbonyl (C=O) groups is 1. The summed E-state index contributed by atoms with van der Waals surface area (Å²) in [7, 11) is 0. The van der Waals surface area contributed by atoms with Crippen LogP contribution in [0.4, 0.5) is 4.79 Å². The van der Waals surface area contributed by atoms with Gasteiger partial charge < -0.3 is 15.7 Å². The van der Waals surface area contributed by atoms with E-state index in [2.05, 4.69) is 15.6 Å². The second-order valence-corrected chi connectivity index (χ2v) is 5.55. The number of hydrogen-bond acceptors (Lipinski definition) is 3. The van der Waals surface area contributed by atoms with Crippen LogP contribution in [-0.2, 0) is 13.0 Å². The van der Waals surface area contributed by atoms with Gasteiger partial charge in [-0.15, -0.1) is 0 Å². The zero-order valence-corrected chi connectivity index (χ0v) is 12.4. The molecule has 0 unspecified atom stereocenters. The van der Waals surface area contributed by atoms with Crippen molar-refractivity contribution in [3.63, 3.8) is 0 Å². The summed E-state index contributed by atoms with van der Waals surface area (Å²) in [5, 5.41) is 15.7. The van der Waals surface area contributed by atoms with E-state index in [9.17, 15) is 9.90 Å². The summed E-state index contributed by atoms with van der Waals surface area (Å²) in [5.74, 6) is 0. The summed E-state index contributed by atoms with van der Waals surface area (Å²) in [6.07, 6.45) is -0.0131. The van der Waals surface area contributed by atoms with Gasteiger partial charge in [0.15, 0.2) is 0 Å². The van der Waals surface area contributed by atoms with Crippen LogP contribution >= 0.6 is 0 Å². The van der Waals surface area contributed by atoms with Crippen molar-refractivity contribution in [2.24, 2.45) is 0 Å². The first-order chi connectivity index (χ1) is 10.6. The van der Waals surface area contributed by atoms with E-state index in [1.54, 1.807) is 0 Å². The fraction of sp³-hybridized carbons (Fsp3) is 0.294. The predicted molar refractivity (Wildman–Crippen MR) is 83.2 cm³/mol. The van der Waals surface area contributed by atoms with Crippen molar-refractivity contribution < 1.29 is 9.90 Å². The molecule has 1 aromatic heterocycles. The minimum atomic E-state index is -0.583. The molecule has 0 radical (unpaired) electrons. The van der Waals surface area contributed by atoms with Crippen molar-refractivity contribution >= 4 is 6.03 Å². The molecule has 22 heavy (non-hydrogen) atoms. The topological polar surface area (TPSA) is 74.2 Å². The zero-order valence-electron chi connectivity index (χ0n) is 12.4. The quantitative estimate of drug-likeness (QED) is 0.809. The maximum atomic E-state index is 12.1. The number of rotatable bonds is 3. The highest BCUT2D eigenvalue weighted by Crippen LogP contribution is 2.30. The maximum absolute atomic E-state index is 12.1. The monoisotopic (exact) mass is 297 g/mol. The molecule has 3 rings (SSSR count). The first-order valence-corrected chi connectivity index (χ1v) is 7.36. The van der Waals surface area contributed by atoms with Crippen molar-refractivity contribution in [3.05, 3.63) is 65.0 Å². The third-order valence-corrected chi connectivity index (χ3v) is 3.87. The third-order valence-electron chi connectivity index (χ3n) is 3.87. The number of urea groups is 1. The smallest absolute Gasteiger partial charge is 0.315 e. The largest absolute Gasteiger partial charge is 0.390 e. The van der Waals surface area contributed by atoms with Gasteiger partial charge in [-0.2, -0.15) is 0 Å². The molecular formula is C17H19N3O2. The summed E-state index contributed by atoms with van der Waals surface area (Å²) < 4.78 is 0. The van der Waals surface area contributed by atoms with E-state index in [-0.39, 0.29) is 12.1 Å². The summed E-state index contributed by atoms with van der Waals surface area (Å²) in [6, 6.07) is 12.8. The minimum absolute atomic E-state index is 0.302. The number of aliphatic hydroxyl groups excluding tert-OH is 1. The van der Waals surface area contributed by atoms with E-state index < -0.39 is 6.10 Å². The molecule has 0 spiro atoms.